The minimum atomic E-state index is -0.471. The number of nitrogens with zero attached hydrogens (tertiary/aromatic N) is 14. The molecule has 0 unspecified atom stereocenters. The first-order chi connectivity index (χ1) is 54.6. The van der Waals surface area contributed by atoms with Crippen molar-refractivity contribution in [2.24, 2.45) is 16.6 Å². The Morgan fingerprint density at radius 2 is 0.779 bits per heavy atom. The highest BCUT2D eigenvalue weighted by atomic mass is 79.9. The third kappa shape index (κ3) is 28.2. The van der Waals surface area contributed by atoms with Crippen LogP contribution in [0.1, 0.15) is 63.7 Å². The second-order valence-electron chi connectivity index (χ2n) is 22.3. The number of benzene rings is 6. The van der Waals surface area contributed by atoms with Gasteiger partial charge in [-0.05, 0) is 41.9 Å². The first kappa shape index (κ1) is 87.3. The molecule has 0 fully saturated rings. The van der Waals surface area contributed by atoms with Gasteiger partial charge in [0.2, 0.25) is 35.4 Å². The third-order valence-electron chi connectivity index (χ3n) is 14.3. The summed E-state index contributed by atoms with van der Waals surface area (Å²) in [4.78, 5) is 87.8. The molecule has 0 aliphatic heterocycles. The molecule has 0 atom stereocenters. The van der Waals surface area contributed by atoms with Gasteiger partial charge in [-0.15, -0.1) is 22.7 Å². The average Bonchev–Trinajstić information content (AvgIpc) is 1.71. The van der Waals surface area contributed by atoms with Crippen LogP contribution in [0.3, 0.4) is 0 Å². The topological polar surface area (TPSA) is 372 Å². The molecule has 7 heterocycles. The van der Waals surface area contributed by atoms with E-state index in [1.54, 1.807) is 132 Å². The summed E-state index contributed by atoms with van der Waals surface area (Å²) in [6.07, 6.45) is 7.63. The van der Waals surface area contributed by atoms with Gasteiger partial charge in [0.05, 0.1) is 110 Å². The minimum Gasteiger partial charge on any atom is -0.444 e. The summed E-state index contributed by atoms with van der Waals surface area (Å²) in [6, 6.07) is 48.4. The van der Waals surface area contributed by atoms with Crippen LogP contribution in [-0.4, -0.2) is 83.9 Å². The highest BCUT2D eigenvalue weighted by Gasteiger charge is 2.16. The van der Waals surface area contributed by atoms with Gasteiger partial charge in [-0.2, -0.15) is 0 Å². The molecule has 3 amide bonds. The van der Waals surface area contributed by atoms with Crippen LogP contribution in [0.15, 0.2) is 228 Å². The lowest BCUT2D eigenvalue weighted by Gasteiger charge is -2.13. The van der Waals surface area contributed by atoms with E-state index < -0.39 is 5.91 Å². The smallest absolute Gasteiger partial charge is 0.261 e. The number of amides is 3. The van der Waals surface area contributed by atoms with E-state index in [1.165, 1.54) is 59.9 Å². The van der Waals surface area contributed by atoms with Crippen LogP contribution in [0, 0.1) is 38.3 Å². The lowest BCUT2D eigenvalue weighted by Crippen LogP contribution is -2.21. The van der Waals surface area contributed by atoms with E-state index in [0.29, 0.717) is 127 Å². The van der Waals surface area contributed by atoms with Crippen molar-refractivity contribution in [3.05, 3.63) is 327 Å². The second-order valence-corrected chi connectivity index (χ2v) is 27.4. The van der Waals surface area contributed by atoms with E-state index in [0.717, 1.165) is 44.8 Å². The van der Waals surface area contributed by atoms with Crippen molar-refractivity contribution in [1.29, 1.82) is 5.41 Å². The summed E-state index contributed by atoms with van der Waals surface area (Å²) in [5.41, 5.74) is 30.2. The zero-order valence-corrected chi connectivity index (χ0v) is 67.2. The Morgan fingerprint density at radius 3 is 1.05 bits per heavy atom. The van der Waals surface area contributed by atoms with Gasteiger partial charge >= 0.3 is 0 Å². The van der Waals surface area contributed by atoms with E-state index in [2.05, 4.69) is 118 Å². The quantitative estimate of drug-likeness (QED) is 0.00955. The number of carbonyl (C=O) groups excluding carboxylic acids is 4. The number of alkyl halides is 3. The van der Waals surface area contributed by atoms with Gasteiger partial charge in [0.25, 0.3) is 11.8 Å². The fourth-order valence-electron chi connectivity index (χ4n) is 8.56. The van der Waals surface area contributed by atoms with Crippen molar-refractivity contribution in [3.8, 4) is 57.3 Å². The molecule has 7 aromatic heterocycles. The van der Waals surface area contributed by atoms with Gasteiger partial charge < -0.3 is 49.1 Å². The van der Waals surface area contributed by atoms with Crippen molar-refractivity contribution in [1.82, 2.24) is 40.5 Å². The van der Waals surface area contributed by atoms with Gasteiger partial charge in [0.1, 0.15) is 37.2 Å². The van der Waals surface area contributed by atoms with Crippen molar-refractivity contribution >= 4 is 151 Å². The summed E-state index contributed by atoms with van der Waals surface area (Å²) in [5.74, 6) is 2.22. The molecule has 35 heteroatoms. The Labute approximate surface area is 690 Å². The van der Waals surface area contributed by atoms with Crippen LogP contribution in [-0.2, 0) is 36.3 Å². The van der Waals surface area contributed by atoms with Crippen molar-refractivity contribution in [2.45, 2.75) is 31.5 Å². The number of rotatable bonds is 19. The van der Waals surface area contributed by atoms with Crippen LogP contribution in [0.2, 0.25) is 8.67 Å². The lowest BCUT2D eigenvalue weighted by molar-refractivity contribution is -0.114. The highest BCUT2D eigenvalue weighted by Crippen LogP contribution is 2.29. The van der Waals surface area contributed by atoms with Crippen molar-refractivity contribution < 1.29 is 41.3 Å². The molecule has 0 saturated carbocycles. The number of hydrogen-bond acceptors (Lipinski definition) is 19. The predicted molar refractivity (Wildman–Crippen MR) is 443 cm³/mol. The van der Waals surface area contributed by atoms with Gasteiger partial charge in [-0.3, -0.25) is 24.6 Å². The maximum Gasteiger partial charge on any atom is 0.261 e. The third-order valence-corrected chi connectivity index (χ3v) is 18.5. The standard InChI is InChI=1S/C18H17ClN4O2S.C16H10ClN3O2S.C11H7BrN2O.C11H7N5O.C11H9N3O.C8H6N2O.C3H4Br2O/c1-23(2)16(20)11-3-5-12(6-4-11)18-22-13(10-25-18)9-21-17(24)14-7-8-15(19)26-14;1-18-11-4-2-10(3-5-11)16-20-12(9-22-16)8-19-15(21)13-6-7-14(17)23-13;1-13-9-4-2-8(3-5-9)11-14-10(6-12)7-15-11;1-13-9-4-2-8(3-5-9)11-15-10(7-17-11)6-14-16-12;1-13-9-4-2-8(3-5-9)11-14-10(6-12)7-15-11;1-10-7-4-2-6(3-5-7)8(9)11;4-1-3(6)2-5/h3-8,10,20H,9H2,1-2H3,(H,21,24);2-7,9H,8H2,(H,19,21);2-5,7H,6H2;2-5,7H,6H2;2-5,7H,6,12H2;2-5H,(H2,9,11);1-2H2. The average molecular weight is 1780 g/mol. The van der Waals surface area contributed by atoms with Gasteiger partial charge in [0, 0.05) is 69.8 Å². The molecule has 13 rings (SSSR count). The number of ketones is 1. The molecule has 28 nitrogen and oxygen atoms in total. The van der Waals surface area contributed by atoms with E-state index >= 15 is 0 Å². The summed E-state index contributed by atoms with van der Waals surface area (Å²) in [7, 11) is 3.66. The largest absolute Gasteiger partial charge is 0.444 e. The Bertz CT molecular complexity index is 5490. The SMILES string of the molecule is CN(C)C(=N)c1ccc(-c2nc(CNC(=O)c3ccc(Cl)s3)co2)cc1.O=C(CBr)CBr.[C-]#[N+]c1ccc(-c2nc(CBr)co2)cc1.[C-]#[N+]c1ccc(-c2nc(CN)co2)cc1.[C-]#[N+]c1ccc(-c2nc(CN=[N+]=[N-])co2)cc1.[C-]#[N+]c1ccc(-c2nc(CNC(=O)c3ccc(Cl)s3)co2)cc1.[C-]#[N+]c1ccc(C(N)=O)cc1. The highest BCUT2D eigenvalue weighted by molar-refractivity contribution is 9.10. The Kier molecular flexibility index (Phi) is 35.5. The maximum absolute atomic E-state index is 12.0. The minimum absolute atomic E-state index is 0.167. The predicted octanol–water partition coefficient (Wildman–Crippen LogP) is 20.9. The number of oxazole rings is 5. The van der Waals surface area contributed by atoms with E-state index in [4.69, 9.17) is 101 Å². The zero-order valence-electron chi connectivity index (χ0n) is 59.3. The second kappa shape index (κ2) is 45.9. The number of primary amides is 1. The van der Waals surface area contributed by atoms with Gasteiger partial charge in [0.15, 0.2) is 34.2 Å². The molecule has 7 N–H and O–H groups in total. The summed E-state index contributed by atoms with van der Waals surface area (Å²) >= 11 is 23.4. The lowest BCUT2D eigenvalue weighted by atomic mass is 10.1. The van der Waals surface area contributed by atoms with Crippen LogP contribution >= 0.6 is 93.7 Å². The number of halogens is 5. The monoisotopic (exact) mass is 1780 g/mol. The number of aromatic nitrogens is 5. The fourth-order valence-corrected chi connectivity index (χ4v) is 11.7. The normalized spacial score (nSPS) is 9.83. The van der Waals surface area contributed by atoms with Crippen LogP contribution in [0.4, 0.5) is 28.4 Å². The molecule has 0 radical (unpaired) electrons. The number of amidine groups is 1. The maximum atomic E-state index is 12.0. The molecule has 113 heavy (non-hydrogen) atoms. The molecule has 0 bridgehead atoms. The first-order valence-electron chi connectivity index (χ1n) is 32.4. The number of nitrogens with two attached hydrogens (primary N) is 2. The number of hydrogen-bond donors (Lipinski definition) is 5. The Balaban J connectivity index is 0.000000189. The summed E-state index contributed by atoms with van der Waals surface area (Å²) in [5, 5.41) is 18.5. The van der Waals surface area contributed by atoms with Crippen LogP contribution in [0.25, 0.3) is 91.9 Å². The fraction of sp³-hybridized carbons (Fsp3) is 0.115. The molecule has 6 aromatic carbocycles. The number of Topliss-reactive ketones (excluding diaryl/α,β-unsaturated/α-hetero) is 1. The van der Waals surface area contributed by atoms with Gasteiger partial charge in [-0.1, -0.05) is 210 Å². The van der Waals surface area contributed by atoms with Crippen LogP contribution in [0.5, 0.6) is 0 Å². The number of carbonyl (C=O) groups is 4. The summed E-state index contributed by atoms with van der Waals surface area (Å²) < 4.78 is 27.8. The summed E-state index contributed by atoms with van der Waals surface area (Å²) in [6.45, 7) is 35.1. The number of nitrogens with one attached hydrogen (secondary N) is 3. The first-order valence-corrected chi connectivity index (χ1v) is 38.1. The molecular formula is C78H60Br3Cl2N19O9S2. The number of azide groups is 1. The molecular weight excluding hydrogens is 1720 g/mol. The van der Waals surface area contributed by atoms with E-state index in [1.807, 2.05) is 50.5 Å². The van der Waals surface area contributed by atoms with Crippen LogP contribution < -0.4 is 22.1 Å². The Hall–Kier alpha value is -12.9. The van der Waals surface area contributed by atoms with Crippen molar-refractivity contribution in [2.75, 3.05) is 24.8 Å². The Morgan fingerprint density at radius 1 is 0.478 bits per heavy atom. The molecule has 0 aliphatic rings. The molecule has 0 saturated heterocycles. The van der Waals surface area contributed by atoms with E-state index in [-0.39, 0.29) is 37.2 Å². The molecule has 0 aliphatic carbocycles. The zero-order chi connectivity index (χ0) is 81.6. The number of thiophene rings is 2. The molecule has 0 spiro atoms. The molecule has 568 valence electrons. The van der Waals surface area contributed by atoms with E-state index in [9.17, 15) is 19.2 Å². The van der Waals surface area contributed by atoms with Gasteiger partial charge in [-0.25, -0.2) is 49.1 Å². The molecule has 13 aromatic rings. The van der Waals surface area contributed by atoms with Crippen molar-refractivity contribution in [3.63, 3.8) is 0 Å².